The maximum atomic E-state index is 5.83. The Morgan fingerprint density at radius 3 is 0.864 bits per heavy atom. The third-order valence-electron chi connectivity index (χ3n) is 3.77. The zero-order chi connectivity index (χ0) is 15.4. The number of hydrogen-bond donors (Lipinski definition) is 0. The minimum absolute atomic E-state index is 0.553. The molecule has 2 heteroatoms. The molecule has 0 radical (unpaired) electrons. The van der Waals surface area contributed by atoms with Crippen LogP contribution in [0.3, 0.4) is 0 Å². The molecule has 0 nitrogen and oxygen atoms in total. The molecule has 0 aliphatic carbocycles. The second kappa shape index (κ2) is 7.00. The van der Waals surface area contributed by atoms with Gasteiger partial charge >= 0.3 is 0 Å². The first-order valence-corrected chi connectivity index (χ1v) is 8.27. The lowest BCUT2D eigenvalue weighted by Gasteiger charge is -2.06. The largest absolute Gasteiger partial charge is 0.122 e. The van der Waals surface area contributed by atoms with E-state index in [1.807, 2.05) is 0 Å². The molecule has 3 aromatic rings. The molecule has 0 aliphatic rings. The fraction of sp³-hybridized carbons (Fsp3) is 0.100. The first-order chi connectivity index (χ1) is 10.8. The van der Waals surface area contributed by atoms with E-state index < -0.39 is 0 Å². The molecule has 0 aliphatic heterocycles. The van der Waals surface area contributed by atoms with E-state index in [2.05, 4.69) is 72.8 Å². The van der Waals surface area contributed by atoms with Gasteiger partial charge in [-0.2, -0.15) is 0 Å². The molecule has 0 N–H and O–H groups in total. The lowest BCUT2D eigenvalue weighted by atomic mass is 9.99. The average Bonchev–Trinajstić information content (AvgIpc) is 2.62. The Balaban J connectivity index is 1.84. The van der Waals surface area contributed by atoms with E-state index in [9.17, 15) is 0 Å². The summed E-state index contributed by atoms with van der Waals surface area (Å²) in [6, 6.07) is 25.3. The third-order valence-corrected chi connectivity index (χ3v) is 4.39. The molecule has 0 saturated carbocycles. The van der Waals surface area contributed by atoms with E-state index in [-0.39, 0.29) is 0 Å². The van der Waals surface area contributed by atoms with Crippen LogP contribution >= 0.6 is 23.2 Å². The molecule has 0 unspecified atom stereocenters. The minimum Gasteiger partial charge on any atom is -0.122 e. The van der Waals surface area contributed by atoms with Crippen molar-refractivity contribution in [2.75, 3.05) is 0 Å². The summed E-state index contributed by atoms with van der Waals surface area (Å²) in [6.07, 6.45) is 0. The van der Waals surface area contributed by atoms with Gasteiger partial charge in [-0.05, 0) is 33.4 Å². The van der Waals surface area contributed by atoms with Gasteiger partial charge in [0.1, 0.15) is 0 Å². The van der Waals surface area contributed by atoms with Crippen LogP contribution in [0.4, 0.5) is 0 Å². The zero-order valence-corrected chi connectivity index (χ0v) is 13.6. The SMILES string of the molecule is ClCc1ccc(-c2ccc(-c3ccc(CCl)cc3)cc2)cc1. The van der Waals surface area contributed by atoms with E-state index in [4.69, 9.17) is 23.2 Å². The van der Waals surface area contributed by atoms with E-state index in [1.54, 1.807) is 0 Å². The highest BCUT2D eigenvalue weighted by molar-refractivity contribution is 6.17. The number of hydrogen-bond acceptors (Lipinski definition) is 0. The molecule has 3 rings (SSSR count). The summed E-state index contributed by atoms with van der Waals surface area (Å²) in [6.45, 7) is 0. The molecule has 110 valence electrons. The Morgan fingerprint density at radius 1 is 0.409 bits per heavy atom. The number of alkyl halides is 2. The monoisotopic (exact) mass is 326 g/mol. The van der Waals surface area contributed by atoms with Crippen LogP contribution in [0.15, 0.2) is 72.8 Å². The van der Waals surface area contributed by atoms with Gasteiger partial charge in [0.05, 0.1) is 0 Å². The standard InChI is InChI=1S/C20H16Cl2/c21-13-15-1-5-17(6-2-15)19-9-11-20(12-10-19)18-7-3-16(14-22)4-8-18/h1-12H,13-14H2. The van der Waals surface area contributed by atoms with Crippen LogP contribution in [0, 0.1) is 0 Å². The molecule has 0 saturated heterocycles. The van der Waals surface area contributed by atoms with Crippen LogP contribution in [-0.2, 0) is 11.8 Å². The lowest BCUT2D eigenvalue weighted by Crippen LogP contribution is -1.83. The van der Waals surface area contributed by atoms with Crippen LogP contribution in [0.25, 0.3) is 22.3 Å². The van der Waals surface area contributed by atoms with Crippen molar-refractivity contribution < 1.29 is 0 Å². The molecule has 0 spiro atoms. The molecule has 22 heavy (non-hydrogen) atoms. The number of rotatable bonds is 4. The topological polar surface area (TPSA) is 0 Å². The molecular weight excluding hydrogens is 311 g/mol. The van der Waals surface area contributed by atoms with Gasteiger partial charge in [0.25, 0.3) is 0 Å². The summed E-state index contributed by atoms with van der Waals surface area (Å²) in [7, 11) is 0. The van der Waals surface area contributed by atoms with Crippen LogP contribution < -0.4 is 0 Å². The predicted octanol–water partition coefficient (Wildman–Crippen LogP) is 6.50. The highest BCUT2D eigenvalue weighted by Crippen LogP contribution is 2.25. The quantitative estimate of drug-likeness (QED) is 0.480. The maximum Gasteiger partial charge on any atom is 0.0474 e. The molecular formula is C20H16Cl2. The first kappa shape index (κ1) is 15.1. The molecule has 0 bridgehead atoms. The van der Waals surface area contributed by atoms with Gasteiger partial charge in [0.2, 0.25) is 0 Å². The van der Waals surface area contributed by atoms with Gasteiger partial charge < -0.3 is 0 Å². The van der Waals surface area contributed by atoms with Gasteiger partial charge in [0, 0.05) is 11.8 Å². The summed E-state index contributed by atoms with van der Waals surface area (Å²) < 4.78 is 0. The predicted molar refractivity (Wildman–Crippen MR) is 96.4 cm³/mol. The van der Waals surface area contributed by atoms with Crippen molar-refractivity contribution >= 4 is 23.2 Å². The van der Waals surface area contributed by atoms with Crippen molar-refractivity contribution in [1.29, 1.82) is 0 Å². The minimum atomic E-state index is 0.553. The van der Waals surface area contributed by atoms with Crippen molar-refractivity contribution in [3.05, 3.63) is 83.9 Å². The van der Waals surface area contributed by atoms with E-state index in [0.29, 0.717) is 11.8 Å². The maximum absolute atomic E-state index is 5.83. The van der Waals surface area contributed by atoms with Gasteiger partial charge in [-0.1, -0.05) is 72.8 Å². The van der Waals surface area contributed by atoms with Crippen LogP contribution in [0.5, 0.6) is 0 Å². The summed E-state index contributed by atoms with van der Waals surface area (Å²) in [5.41, 5.74) is 7.11. The van der Waals surface area contributed by atoms with Gasteiger partial charge in [0.15, 0.2) is 0 Å². The van der Waals surface area contributed by atoms with Crippen molar-refractivity contribution in [2.24, 2.45) is 0 Å². The Labute approximate surface area is 141 Å². The van der Waals surface area contributed by atoms with Crippen LogP contribution in [-0.4, -0.2) is 0 Å². The molecule has 0 fully saturated rings. The van der Waals surface area contributed by atoms with Gasteiger partial charge in [-0.3, -0.25) is 0 Å². The van der Waals surface area contributed by atoms with Crippen molar-refractivity contribution in [2.45, 2.75) is 11.8 Å². The second-order valence-electron chi connectivity index (χ2n) is 5.24. The summed E-state index contributed by atoms with van der Waals surface area (Å²) in [4.78, 5) is 0. The average molecular weight is 327 g/mol. The third kappa shape index (κ3) is 3.35. The Kier molecular flexibility index (Phi) is 4.82. The highest BCUT2D eigenvalue weighted by Gasteiger charge is 2.01. The molecule has 0 heterocycles. The smallest absolute Gasteiger partial charge is 0.0474 e. The first-order valence-electron chi connectivity index (χ1n) is 7.21. The Morgan fingerprint density at radius 2 is 0.636 bits per heavy atom. The van der Waals surface area contributed by atoms with Gasteiger partial charge in [-0.25, -0.2) is 0 Å². The molecule has 0 amide bonds. The molecule has 0 aromatic heterocycles. The highest BCUT2D eigenvalue weighted by atomic mass is 35.5. The van der Waals surface area contributed by atoms with E-state index >= 15 is 0 Å². The summed E-state index contributed by atoms with van der Waals surface area (Å²) in [5.74, 6) is 1.11. The summed E-state index contributed by atoms with van der Waals surface area (Å²) in [5, 5.41) is 0. The molecule has 0 atom stereocenters. The van der Waals surface area contributed by atoms with Crippen molar-refractivity contribution in [1.82, 2.24) is 0 Å². The van der Waals surface area contributed by atoms with Crippen LogP contribution in [0.2, 0.25) is 0 Å². The molecule has 3 aromatic carbocycles. The number of benzene rings is 3. The number of halogens is 2. The normalized spacial score (nSPS) is 10.6. The van der Waals surface area contributed by atoms with Gasteiger partial charge in [-0.15, -0.1) is 23.2 Å². The zero-order valence-electron chi connectivity index (χ0n) is 12.1. The Hall–Kier alpha value is -1.76. The van der Waals surface area contributed by atoms with Crippen LogP contribution in [0.1, 0.15) is 11.1 Å². The van der Waals surface area contributed by atoms with E-state index in [1.165, 1.54) is 22.3 Å². The van der Waals surface area contributed by atoms with Crippen molar-refractivity contribution in [3.8, 4) is 22.3 Å². The Bertz CT molecular complexity index is 660. The van der Waals surface area contributed by atoms with E-state index in [0.717, 1.165) is 11.1 Å². The lowest BCUT2D eigenvalue weighted by molar-refractivity contribution is 1.40. The fourth-order valence-corrected chi connectivity index (χ4v) is 2.78. The second-order valence-corrected chi connectivity index (χ2v) is 5.77. The summed E-state index contributed by atoms with van der Waals surface area (Å²) >= 11 is 11.7. The van der Waals surface area contributed by atoms with Crippen molar-refractivity contribution in [3.63, 3.8) is 0 Å². The fourth-order valence-electron chi connectivity index (χ4n) is 2.43.